The molecule has 0 radical (unpaired) electrons. The first-order valence-corrected chi connectivity index (χ1v) is 12.0. The summed E-state index contributed by atoms with van der Waals surface area (Å²) in [5, 5.41) is 4.97. The Balaban J connectivity index is 1.79. The maximum Gasteiger partial charge on any atom is 0.248 e. The van der Waals surface area contributed by atoms with E-state index < -0.39 is 11.9 Å². The van der Waals surface area contributed by atoms with Crippen LogP contribution in [-0.2, 0) is 16.0 Å². The van der Waals surface area contributed by atoms with E-state index in [0.717, 1.165) is 30.6 Å². The molecule has 1 aromatic heterocycles. The number of nitrogens with zero attached hydrogens (tertiary/aromatic N) is 1. The summed E-state index contributed by atoms with van der Waals surface area (Å²) >= 11 is 1.47. The number of carbonyl (C=O) groups excluding carboxylic acids is 2. The van der Waals surface area contributed by atoms with E-state index in [1.54, 1.807) is 42.5 Å². The zero-order valence-electron chi connectivity index (χ0n) is 18.5. The molecule has 1 fully saturated rings. The highest BCUT2D eigenvalue weighted by Gasteiger charge is 2.36. The first-order chi connectivity index (χ1) is 16.1. The third-order valence-corrected chi connectivity index (χ3v) is 6.79. The van der Waals surface area contributed by atoms with Gasteiger partial charge in [0, 0.05) is 28.2 Å². The van der Waals surface area contributed by atoms with E-state index in [-0.39, 0.29) is 29.8 Å². The van der Waals surface area contributed by atoms with Gasteiger partial charge in [0.2, 0.25) is 11.8 Å². The van der Waals surface area contributed by atoms with Crippen molar-refractivity contribution in [3.63, 3.8) is 0 Å². The van der Waals surface area contributed by atoms with E-state index in [2.05, 4.69) is 5.32 Å². The second-order valence-corrected chi connectivity index (χ2v) is 9.17. The molecule has 3 aromatic rings. The van der Waals surface area contributed by atoms with Crippen molar-refractivity contribution in [2.75, 3.05) is 12.0 Å². The van der Waals surface area contributed by atoms with Crippen LogP contribution in [0, 0.1) is 5.82 Å². The number of methoxy groups -OCH3 is 1. The third-order valence-electron chi connectivity index (χ3n) is 5.91. The number of nitrogens with one attached hydrogen (secondary N) is 1. The zero-order chi connectivity index (χ0) is 23.2. The van der Waals surface area contributed by atoms with Crippen molar-refractivity contribution >= 4 is 28.8 Å². The van der Waals surface area contributed by atoms with E-state index in [1.165, 1.54) is 29.4 Å². The van der Waals surface area contributed by atoms with Crippen LogP contribution in [0.2, 0.25) is 0 Å². The Hall–Kier alpha value is -3.19. The molecule has 7 heteroatoms. The van der Waals surface area contributed by atoms with Crippen molar-refractivity contribution in [3.8, 4) is 5.75 Å². The summed E-state index contributed by atoms with van der Waals surface area (Å²) in [4.78, 5) is 29.6. The number of anilines is 1. The molecule has 1 unspecified atom stereocenters. The third kappa shape index (κ3) is 5.42. The van der Waals surface area contributed by atoms with E-state index in [1.807, 2.05) is 17.5 Å². The monoisotopic (exact) mass is 466 g/mol. The molecule has 1 heterocycles. The number of amides is 2. The van der Waals surface area contributed by atoms with Crippen LogP contribution in [-0.4, -0.2) is 25.0 Å². The summed E-state index contributed by atoms with van der Waals surface area (Å²) in [6.07, 6.45) is 3.98. The first kappa shape index (κ1) is 23.0. The minimum absolute atomic E-state index is 0.0336. The smallest absolute Gasteiger partial charge is 0.248 e. The molecule has 2 aromatic carbocycles. The number of carbonyl (C=O) groups is 2. The molecule has 0 aliphatic heterocycles. The highest BCUT2D eigenvalue weighted by Crippen LogP contribution is 2.33. The molecular weight excluding hydrogens is 439 g/mol. The molecule has 0 bridgehead atoms. The van der Waals surface area contributed by atoms with Gasteiger partial charge in [0.1, 0.15) is 17.6 Å². The fraction of sp³-hybridized carbons (Fsp3) is 0.308. The molecule has 2 amide bonds. The number of hydrogen-bond donors (Lipinski definition) is 1. The maximum atomic E-state index is 15.0. The fourth-order valence-electron chi connectivity index (χ4n) is 4.29. The second-order valence-electron chi connectivity index (χ2n) is 8.14. The van der Waals surface area contributed by atoms with Gasteiger partial charge in [-0.05, 0) is 42.5 Å². The summed E-state index contributed by atoms with van der Waals surface area (Å²) in [6.45, 7) is 0. The van der Waals surface area contributed by atoms with Gasteiger partial charge < -0.3 is 10.1 Å². The highest BCUT2D eigenvalue weighted by molar-refractivity contribution is 7.10. The molecule has 1 aliphatic carbocycles. The molecule has 1 aliphatic rings. The number of hydrogen-bond acceptors (Lipinski definition) is 4. The lowest BCUT2D eigenvalue weighted by molar-refractivity contribution is -0.127. The number of benzene rings is 2. The molecule has 1 N–H and O–H groups in total. The van der Waals surface area contributed by atoms with Crippen molar-refractivity contribution in [3.05, 3.63) is 82.3 Å². The van der Waals surface area contributed by atoms with E-state index in [4.69, 9.17) is 4.74 Å². The summed E-state index contributed by atoms with van der Waals surface area (Å²) in [6, 6.07) is 15.8. The van der Waals surface area contributed by atoms with Gasteiger partial charge in [0.15, 0.2) is 0 Å². The molecule has 0 spiro atoms. The number of thiophene rings is 1. The Kier molecular flexibility index (Phi) is 7.40. The number of halogens is 1. The Morgan fingerprint density at radius 2 is 1.91 bits per heavy atom. The lowest BCUT2D eigenvalue weighted by Gasteiger charge is -2.32. The number of rotatable bonds is 8. The highest BCUT2D eigenvalue weighted by atomic mass is 32.1. The summed E-state index contributed by atoms with van der Waals surface area (Å²) < 4.78 is 20.4. The Bertz CT molecular complexity index is 1100. The van der Waals surface area contributed by atoms with Crippen LogP contribution in [0.25, 0.3) is 0 Å². The van der Waals surface area contributed by atoms with Gasteiger partial charge in [-0.15, -0.1) is 11.3 Å². The van der Waals surface area contributed by atoms with E-state index in [9.17, 15) is 9.59 Å². The van der Waals surface area contributed by atoms with Gasteiger partial charge in [-0.3, -0.25) is 14.5 Å². The topological polar surface area (TPSA) is 58.6 Å². The quantitative estimate of drug-likeness (QED) is 0.492. The van der Waals surface area contributed by atoms with Gasteiger partial charge in [0.05, 0.1) is 13.5 Å². The summed E-state index contributed by atoms with van der Waals surface area (Å²) in [5.41, 5.74) is 0.640. The van der Waals surface area contributed by atoms with Crippen molar-refractivity contribution in [2.45, 2.75) is 44.2 Å². The molecule has 33 heavy (non-hydrogen) atoms. The van der Waals surface area contributed by atoms with Gasteiger partial charge >= 0.3 is 0 Å². The van der Waals surface area contributed by atoms with Crippen LogP contribution in [0.4, 0.5) is 10.1 Å². The second kappa shape index (κ2) is 10.6. The number of ether oxygens (including phenoxy) is 1. The predicted octanol–water partition coefficient (Wildman–Crippen LogP) is 5.27. The van der Waals surface area contributed by atoms with E-state index >= 15 is 4.39 Å². The van der Waals surface area contributed by atoms with Gasteiger partial charge in [-0.25, -0.2) is 4.39 Å². The SMILES string of the molecule is COc1cccc(N(C(=O)Cc2cccs2)C(C(=O)NC2CCCC2)c2ccccc2F)c1. The van der Waals surface area contributed by atoms with Crippen molar-refractivity contribution in [1.29, 1.82) is 0 Å². The minimum atomic E-state index is -1.15. The maximum absolute atomic E-state index is 15.0. The lowest BCUT2D eigenvalue weighted by atomic mass is 10.0. The largest absolute Gasteiger partial charge is 0.497 e. The fourth-order valence-corrected chi connectivity index (χ4v) is 4.99. The van der Waals surface area contributed by atoms with Crippen LogP contribution in [0.3, 0.4) is 0 Å². The van der Waals surface area contributed by atoms with Crippen LogP contribution in [0.15, 0.2) is 66.0 Å². The van der Waals surface area contributed by atoms with Crippen LogP contribution < -0.4 is 15.0 Å². The van der Waals surface area contributed by atoms with Crippen molar-refractivity contribution in [2.24, 2.45) is 0 Å². The summed E-state index contributed by atoms with van der Waals surface area (Å²) in [7, 11) is 1.54. The molecule has 0 saturated heterocycles. The molecule has 1 atom stereocenters. The normalized spacial score (nSPS) is 14.6. The first-order valence-electron chi connectivity index (χ1n) is 11.1. The Morgan fingerprint density at radius 1 is 1.12 bits per heavy atom. The van der Waals surface area contributed by atoms with Crippen molar-refractivity contribution in [1.82, 2.24) is 5.32 Å². The predicted molar refractivity (Wildman–Crippen MR) is 128 cm³/mol. The van der Waals surface area contributed by atoms with Gasteiger partial charge in [-0.1, -0.05) is 43.2 Å². The van der Waals surface area contributed by atoms with Gasteiger partial charge in [-0.2, -0.15) is 0 Å². The van der Waals surface area contributed by atoms with Crippen LogP contribution in [0.5, 0.6) is 5.75 Å². The zero-order valence-corrected chi connectivity index (χ0v) is 19.3. The molecule has 1 saturated carbocycles. The van der Waals surface area contributed by atoms with Crippen LogP contribution in [0.1, 0.15) is 42.2 Å². The molecular formula is C26H27FN2O3S. The Morgan fingerprint density at radius 3 is 2.61 bits per heavy atom. The standard InChI is InChI=1S/C26H27FN2O3S/c1-32-20-11-6-10-19(16-20)29(24(30)17-21-12-7-15-33-21)25(22-13-4-5-14-23(22)27)26(31)28-18-8-2-3-9-18/h4-7,10-16,18,25H,2-3,8-9,17H2,1H3,(H,28,31). The molecule has 4 rings (SSSR count). The van der Waals surface area contributed by atoms with Gasteiger partial charge in [0.25, 0.3) is 0 Å². The molecule has 172 valence electrons. The van der Waals surface area contributed by atoms with Crippen molar-refractivity contribution < 1.29 is 18.7 Å². The average molecular weight is 467 g/mol. The lowest BCUT2D eigenvalue weighted by Crippen LogP contribution is -2.47. The Labute approximate surface area is 197 Å². The summed E-state index contributed by atoms with van der Waals surface area (Å²) in [5.74, 6) is -0.652. The minimum Gasteiger partial charge on any atom is -0.497 e. The van der Waals surface area contributed by atoms with Crippen LogP contribution >= 0.6 is 11.3 Å². The average Bonchev–Trinajstić information content (AvgIpc) is 3.52. The molecule has 5 nitrogen and oxygen atoms in total. The van der Waals surface area contributed by atoms with E-state index in [0.29, 0.717) is 11.4 Å².